The van der Waals surface area contributed by atoms with Gasteiger partial charge in [-0.05, 0) is 6.42 Å². The number of ketones is 1. The molecule has 14 heavy (non-hydrogen) atoms. The number of hydrogen-bond acceptors (Lipinski definition) is 3. The minimum Gasteiger partial charge on any atom is -0.496 e. The summed E-state index contributed by atoms with van der Waals surface area (Å²) in [6.45, 7) is 2.14. The van der Waals surface area contributed by atoms with Crippen molar-refractivity contribution in [2.24, 2.45) is 0 Å². The Morgan fingerprint density at radius 2 is 2.29 bits per heavy atom. The highest BCUT2D eigenvalue weighted by Gasteiger charge is 2.08. The predicted molar refractivity (Wildman–Crippen MR) is 59.3 cm³/mol. The molecule has 0 radical (unpaired) electrons. The van der Waals surface area contributed by atoms with Gasteiger partial charge in [0, 0.05) is 17.9 Å². The maximum absolute atomic E-state index is 11.6. The molecular formula is C11H16O2S. The monoisotopic (exact) mass is 212 g/mol. The Kier molecular flexibility index (Phi) is 4.66. The van der Waals surface area contributed by atoms with Crippen molar-refractivity contribution in [1.82, 2.24) is 0 Å². The number of carbonyl (C=O) groups excluding carboxylic acids is 1. The first-order valence-electron chi connectivity index (χ1n) is 4.93. The molecule has 0 saturated carbocycles. The van der Waals surface area contributed by atoms with Crippen LogP contribution in [0.4, 0.5) is 0 Å². The first kappa shape index (κ1) is 11.2. The average Bonchev–Trinajstić information content (AvgIpc) is 2.66. The van der Waals surface area contributed by atoms with E-state index in [2.05, 4.69) is 6.92 Å². The molecule has 1 aromatic rings. The van der Waals surface area contributed by atoms with E-state index in [1.165, 1.54) is 11.3 Å². The summed E-state index contributed by atoms with van der Waals surface area (Å²) in [6, 6.07) is 1.82. The maximum atomic E-state index is 11.6. The Balaban J connectivity index is 2.44. The van der Waals surface area contributed by atoms with E-state index in [0.717, 1.165) is 29.9 Å². The molecule has 0 unspecified atom stereocenters. The third-order valence-electron chi connectivity index (χ3n) is 2.09. The predicted octanol–water partition coefficient (Wildman–Crippen LogP) is 3.52. The van der Waals surface area contributed by atoms with Crippen LogP contribution in [0.5, 0.6) is 5.75 Å². The van der Waals surface area contributed by atoms with Gasteiger partial charge in [0.2, 0.25) is 0 Å². The second-order valence-electron chi connectivity index (χ2n) is 3.23. The third kappa shape index (κ3) is 3.14. The fourth-order valence-electron chi connectivity index (χ4n) is 1.23. The van der Waals surface area contributed by atoms with Crippen LogP contribution >= 0.6 is 11.3 Å². The summed E-state index contributed by atoms with van der Waals surface area (Å²) >= 11 is 1.47. The normalized spacial score (nSPS) is 10.1. The molecule has 1 aromatic heterocycles. The van der Waals surface area contributed by atoms with Crippen LogP contribution < -0.4 is 4.74 Å². The summed E-state index contributed by atoms with van der Waals surface area (Å²) in [6.07, 6.45) is 3.95. The number of ether oxygens (including phenoxy) is 1. The Bertz CT molecular complexity index is 291. The van der Waals surface area contributed by atoms with Gasteiger partial charge in [0.15, 0.2) is 5.78 Å². The summed E-state index contributed by atoms with van der Waals surface area (Å²) < 4.78 is 5.03. The largest absolute Gasteiger partial charge is 0.496 e. The summed E-state index contributed by atoms with van der Waals surface area (Å²) in [5, 5.41) is 1.87. The van der Waals surface area contributed by atoms with Crippen molar-refractivity contribution < 1.29 is 9.53 Å². The highest BCUT2D eigenvalue weighted by atomic mass is 32.1. The summed E-state index contributed by atoms with van der Waals surface area (Å²) in [5.74, 6) is 1.03. The fraction of sp³-hybridized carbons (Fsp3) is 0.545. The molecule has 0 amide bonds. The van der Waals surface area contributed by atoms with Gasteiger partial charge in [-0.25, -0.2) is 0 Å². The van der Waals surface area contributed by atoms with Gasteiger partial charge >= 0.3 is 0 Å². The van der Waals surface area contributed by atoms with Crippen molar-refractivity contribution in [1.29, 1.82) is 0 Å². The zero-order chi connectivity index (χ0) is 10.4. The van der Waals surface area contributed by atoms with Gasteiger partial charge in [-0.1, -0.05) is 19.8 Å². The van der Waals surface area contributed by atoms with Gasteiger partial charge in [-0.15, -0.1) is 11.3 Å². The molecule has 0 fully saturated rings. The molecule has 0 saturated heterocycles. The second kappa shape index (κ2) is 5.81. The van der Waals surface area contributed by atoms with E-state index in [-0.39, 0.29) is 5.78 Å². The molecule has 78 valence electrons. The summed E-state index contributed by atoms with van der Waals surface area (Å²) in [4.78, 5) is 12.4. The van der Waals surface area contributed by atoms with Gasteiger partial charge in [-0.2, -0.15) is 0 Å². The first-order chi connectivity index (χ1) is 6.77. The lowest BCUT2D eigenvalue weighted by Crippen LogP contribution is -1.95. The number of methoxy groups -OCH3 is 1. The molecule has 3 heteroatoms. The highest BCUT2D eigenvalue weighted by Crippen LogP contribution is 2.22. The lowest BCUT2D eigenvalue weighted by molar-refractivity contribution is 0.0983. The number of rotatable bonds is 6. The molecule has 0 aliphatic carbocycles. The standard InChI is InChI=1S/C11H16O2S/c1-3-4-5-6-10(12)11-7-9(13-2)8-14-11/h7-8H,3-6H2,1-2H3. The van der Waals surface area contributed by atoms with Crippen molar-refractivity contribution in [3.63, 3.8) is 0 Å². The van der Waals surface area contributed by atoms with Crippen LogP contribution in [0.3, 0.4) is 0 Å². The summed E-state index contributed by atoms with van der Waals surface area (Å²) in [5.41, 5.74) is 0. The first-order valence-corrected chi connectivity index (χ1v) is 5.81. The third-order valence-corrected chi connectivity index (χ3v) is 3.04. The van der Waals surface area contributed by atoms with E-state index >= 15 is 0 Å². The van der Waals surface area contributed by atoms with E-state index in [1.807, 2.05) is 11.4 Å². The van der Waals surface area contributed by atoms with Crippen molar-refractivity contribution in [3.05, 3.63) is 16.3 Å². The zero-order valence-corrected chi connectivity index (χ0v) is 9.52. The molecule has 1 rings (SSSR count). The molecule has 0 aliphatic heterocycles. The Hall–Kier alpha value is -0.830. The van der Waals surface area contributed by atoms with Crippen molar-refractivity contribution in [2.45, 2.75) is 32.6 Å². The number of thiophene rings is 1. The Labute approximate surface area is 88.9 Å². The van der Waals surface area contributed by atoms with Crippen LogP contribution in [-0.2, 0) is 0 Å². The molecule has 0 bridgehead atoms. The number of hydrogen-bond donors (Lipinski definition) is 0. The lowest BCUT2D eigenvalue weighted by atomic mass is 10.1. The Morgan fingerprint density at radius 3 is 2.86 bits per heavy atom. The van der Waals surface area contributed by atoms with Crippen LogP contribution in [0.15, 0.2) is 11.4 Å². The second-order valence-corrected chi connectivity index (χ2v) is 4.14. The van der Waals surface area contributed by atoms with E-state index < -0.39 is 0 Å². The molecular weight excluding hydrogens is 196 g/mol. The van der Waals surface area contributed by atoms with Crippen molar-refractivity contribution in [3.8, 4) is 5.75 Å². The molecule has 0 atom stereocenters. The van der Waals surface area contributed by atoms with Crippen molar-refractivity contribution >= 4 is 17.1 Å². The lowest BCUT2D eigenvalue weighted by Gasteiger charge is -1.96. The fourth-order valence-corrected chi connectivity index (χ4v) is 2.06. The zero-order valence-electron chi connectivity index (χ0n) is 8.71. The smallest absolute Gasteiger partial charge is 0.172 e. The van der Waals surface area contributed by atoms with E-state index in [1.54, 1.807) is 7.11 Å². The SMILES string of the molecule is CCCCCC(=O)c1cc(OC)cs1. The van der Waals surface area contributed by atoms with Crippen LogP contribution in [0, 0.1) is 0 Å². The van der Waals surface area contributed by atoms with E-state index in [4.69, 9.17) is 4.74 Å². The molecule has 0 N–H and O–H groups in total. The average molecular weight is 212 g/mol. The van der Waals surface area contributed by atoms with Gasteiger partial charge in [0.05, 0.1) is 12.0 Å². The topological polar surface area (TPSA) is 26.3 Å². The molecule has 0 aliphatic rings. The molecule has 0 aromatic carbocycles. The molecule has 0 spiro atoms. The van der Waals surface area contributed by atoms with E-state index in [0.29, 0.717) is 6.42 Å². The van der Waals surface area contributed by atoms with E-state index in [9.17, 15) is 4.79 Å². The number of carbonyl (C=O) groups is 1. The highest BCUT2D eigenvalue weighted by molar-refractivity contribution is 7.12. The van der Waals surface area contributed by atoms with Crippen LogP contribution in [-0.4, -0.2) is 12.9 Å². The molecule has 1 heterocycles. The summed E-state index contributed by atoms with van der Waals surface area (Å²) in [7, 11) is 1.62. The van der Waals surface area contributed by atoms with Crippen LogP contribution in [0.1, 0.15) is 42.3 Å². The maximum Gasteiger partial charge on any atom is 0.172 e. The van der Waals surface area contributed by atoms with Crippen molar-refractivity contribution in [2.75, 3.05) is 7.11 Å². The quantitative estimate of drug-likeness (QED) is 0.532. The molecule has 2 nitrogen and oxygen atoms in total. The van der Waals surface area contributed by atoms with Gasteiger partial charge in [0.1, 0.15) is 5.75 Å². The van der Waals surface area contributed by atoms with Crippen LogP contribution in [0.2, 0.25) is 0 Å². The number of Topliss-reactive ketones (excluding diaryl/α,β-unsaturated/α-hetero) is 1. The van der Waals surface area contributed by atoms with Gasteiger partial charge in [-0.3, -0.25) is 4.79 Å². The number of unbranched alkanes of at least 4 members (excludes halogenated alkanes) is 2. The minimum absolute atomic E-state index is 0.242. The van der Waals surface area contributed by atoms with Gasteiger partial charge in [0.25, 0.3) is 0 Å². The Morgan fingerprint density at radius 1 is 1.50 bits per heavy atom. The minimum atomic E-state index is 0.242. The van der Waals surface area contributed by atoms with Crippen LogP contribution in [0.25, 0.3) is 0 Å². The van der Waals surface area contributed by atoms with Gasteiger partial charge < -0.3 is 4.74 Å².